The fourth-order valence-electron chi connectivity index (χ4n) is 2.01. The van der Waals surface area contributed by atoms with E-state index < -0.39 is 0 Å². The van der Waals surface area contributed by atoms with Crippen LogP contribution in [0.5, 0.6) is 0 Å². The molecule has 5 heteroatoms. The monoisotopic (exact) mass is 234 g/mol. The highest BCUT2D eigenvalue weighted by Crippen LogP contribution is 2.23. The maximum Gasteiger partial charge on any atom is 0.310 e. The number of methoxy groups -OCH3 is 1. The number of carbonyl (C=O) groups excluding carboxylic acids is 2. The Kier molecular flexibility index (Phi) is 3.37. The molecule has 0 spiro atoms. The predicted octanol–water partition coefficient (Wildman–Crippen LogP) is 0.893. The number of aromatic nitrogens is 1. The van der Waals surface area contributed by atoms with Gasteiger partial charge in [-0.15, -0.1) is 0 Å². The van der Waals surface area contributed by atoms with Crippen LogP contribution in [0.1, 0.15) is 16.8 Å². The Bertz CT molecular complexity index is 434. The quantitative estimate of drug-likeness (QED) is 0.574. The van der Waals surface area contributed by atoms with Crippen LogP contribution < -0.4 is 4.90 Å². The summed E-state index contributed by atoms with van der Waals surface area (Å²) in [6, 6.07) is 3.39. The largest absolute Gasteiger partial charge is 0.469 e. The van der Waals surface area contributed by atoms with Crippen molar-refractivity contribution in [2.45, 2.75) is 6.42 Å². The Morgan fingerprint density at radius 3 is 3.18 bits per heavy atom. The molecule has 1 fully saturated rings. The van der Waals surface area contributed by atoms with Gasteiger partial charge in [0.1, 0.15) is 12.1 Å². The number of esters is 1. The number of anilines is 1. The zero-order valence-corrected chi connectivity index (χ0v) is 9.63. The Labute approximate surface area is 99.4 Å². The molecule has 0 saturated carbocycles. The molecule has 2 rings (SSSR count). The molecule has 2 heterocycles. The molecule has 5 nitrogen and oxygen atoms in total. The molecule has 17 heavy (non-hydrogen) atoms. The second kappa shape index (κ2) is 4.95. The van der Waals surface area contributed by atoms with Crippen LogP contribution in [0.2, 0.25) is 0 Å². The van der Waals surface area contributed by atoms with Gasteiger partial charge in [-0.1, -0.05) is 0 Å². The topological polar surface area (TPSA) is 59.5 Å². The third kappa shape index (κ3) is 2.43. The molecule has 0 aromatic carbocycles. The minimum absolute atomic E-state index is 0.0957. The van der Waals surface area contributed by atoms with Crippen molar-refractivity contribution in [1.82, 2.24) is 4.98 Å². The fraction of sp³-hybridized carbons (Fsp3) is 0.417. The van der Waals surface area contributed by atoms with E-state index in [1.165, 1.54) is 7.11 Å². The number of aldehydes is 1. The van der Waals surface area contributed by atoms with Gasteiger partial charge in [0, 0.05) is 24.8 Å². The predicted molar refractivity (Wildman–Crippen MR) is 62.0 cm³/mol. The Hall–Kier alpha value is -1.91. The lowest BCUT2D eigenvalue weighted by Gasteiger charge is -2.16. The van der Waals surface area contributed by atoms with Gasteiger partial charge in [0.25, 0.3) is 0 Å². The number of ether oxygens (including phenoxy) is 1. The first-order chi connectivity index (χ1) is 8.24. The maximum atomic E-state index is 11.4. The van der Waals surface area contributed by atoms with Crippen LogP contribution in [0.15, 0.2) is 18.3 Å². The van der Waals surface area contributed by atoms with Crippen molar-refractivity contribution in [3.8, 4) is 0 Å². The highest BCUT2D eigenvalue weighted by molar-refractivity contribution is 5.77. The summed E-state index contributed by atoms with van der Waals surface area (Å²) in [5.74, 6) is 0.460. The number of pyridine rings is 1. The van der Waals surface area contributed by atoms with Gasteiger partial charge in [-0.3, -0.25) is 9.59 Å². The van der Waals surface area contributed by atoms with Crippen LogP contribution in [0.4, 0.5) is 5.82 Å². The lowest BCUT2D eigenvalue weighted by Crippen LogP contribution is -2.24. The van der Waals surface area contributed by atoms with Crippen LogP contribution in [0.3, 0.4) is 0 Å². The molecule has 0 radical (unpaired) electrons. The molecule has 1 unspecified atom stereocenters. The SMILES string of the molecule is COC(=O)C1CCN(c2cc(C=O)ccn2)C1. The average molecular weight is 234 g/mol. The summed E-state index contributed by atoms with van der Waals surface area (Å²) in [4.78, 5) is 28.3. The van der Waals surface area contributed by atoms with E-state index in [2.05, 4.69) is 4.98 Å². The normalized spacial score (nSPS) is 19.1. The smallest absolute Gasteiger partial charge is 0.310 e. The molecule has 1 saturated heterocycles. The van der Waals surface area contributed by atoms with Gasteiger partial charge in [-0.25, -0.2) is 4.98 Å². The third-order valence-electron chi connectivity index (χ3n) is 2.95. The summed E-state index contributed by atoms with van der Waals surface area (Å²) >= 11 is 0. The van der Waals surface area contributed by atoms with E-state index in [0.29, 0.717) is 12.1 Å². The molecule has 1 atom stereocenters. The van der Waals surface area contributed by atoms with E-state index >= 15 is 0 Å². The molecule has 1 aliphatic rings. The third-order valence-corrected chi connectivity index (χ3v) is 2.95. The van der Waals surface area contributed by atoms with Crippen molar-refractivity contribution in [3.05, 3.63) is 23.9 Å². The van der Waals surface area contributed by atoms with Crippen molar-refractivity contribution >= 4 is 18.1 Å². The maximum absolute atomic E-state index is 11.4. The molecular weight excluding hydrogens is 220 g/mol. The van der Waals surface area contributed by atoms with Gasteiger partial charge in [0.15, 0.2) is 0 Å². The first-order valence-electron chi connectivity index (χ1n) is 5.48. The minimum atomic E-state index is -0.181. The first-order valence-corrected chi connectivity index (χ1v) is 5.48. The molecule has 0 aliphatic carbocycles. The van der Waals surface area contributed by atoms with Gasteiger partial charge in [-0.2, -0.15) is 0 Å². The number of carbonyl (C=O) groups is 2. The summed E-state index contributed by atoms with van der Waals surface area (Å²) in [5, 5.41) is 0. The van der Waals surface area contributed by atoms with Gasteiger partial charge in [0.05, 0.1) is 13.0 Å². The van der Waals surface area contributed by atoms with E-state index in [9.17, 15) is 9.59 Å². The highest BCUT2D eigenvalue weighted by atomic mass is 16.5. The average Bonchev–Trinajstić information content (AvgIpc) is 2.87. The van der Waals surface area contributed by atoms with Crippen molar-refractivity contribution in [2.75, 3.05) is 25.1 Å². The van der Waals surface area contributed by atoms with Gasteiger partial charge in [-0.05, 0) is 18.6 Å². The number of hydrogen-bond donors (Lipinski definition) is 0. The standard InChI is InChI=1S/C12H14N2O3/c1-17-12(16)10-3-5-14(7-10)11-6-9(8-15)2-4-13-11/h2,4,6,8,10H,3,5,7H2,1H3. The molecule has 1 aromatic heterocycles. The zero-order valence-electron chi connectivity index (χ0n) is 9.63. The Morgan fingerprint density at radius 1 is 1.65 bits per heavy atom. The van der Waals surface area contributed by atoms with Crippen molar-refractivity contribution < 1.29 is 14.3 Å². The van der Waals surface area contributed by atoms with Crippen molar-refractivity contribution in [3.63, 3.8) is 0 Å². The molecule has 0 N–H and O–H groups in total. The molecule has 0 amide bonds. The van der Waals surface area contributed by atoms with Crippen molar-refractivity contribution in [2.24, 2.45) is 5.92 Å². The lowest BCUT2D eigenvalue weighted by molar-refractivity contribution is -0.144. The zero-order chi connectivity index (χ0) is 12.3. The molecule has 0 bridgehead atoms. The highest BCUT2D eigenvalue weighted by Gasteiger charge is 2.29. The van der Waals surface area contributed by atoms with Crippen LogP contribution in [-0.4, -0.2) is 37.4 Å². The summed E-state index contributed by atoms with van der Waals surface area (Å²) in [5.41, 5.74) is 0.594. The van der Waals surface area contributed by atoms with Gasteiger partial charge >= 0.3 is 5.97 Å². The summed E-state index contributed by atoms with van der Waals surface area (Å²) in [7, 11) is 1.40. The van der Waals surface area contributed by atoms with Crippen LogP contribution in [-0.2, 0) is 9.53 Å². The van der Waals surface area contributed by atoms with Gasteiger partial charge in [0.2, 0.25) is 0 Å². The van der Waals surface area contributed by atoms with Crippen LogP contribution >= 0.6 is 0 Å². The lowest BCUT2D eigenvalue weighted by atomic mass is 10.1. The van der Waals surface area contributed by atoms with E-state index in [-0.39, 0.29) is 11.9 Å². The Balaban J connectivity index is 2.09. The minimum Gasteiger partial charge on any atom is -0.469 e. The van der Waals surface area contributed by atoms with Crippen molar-refractivity contribution in [1.29, 1.82) is 0 Å². The summed E-state index contributed by atoms with van der Waals surface area (Å²) in [6.45, 7) is 1.36. The Morgan fingerprint density at radius 2 is 2.47 bits per heavy atom. The second-order valence-corrected chi connectivity index (χ2v) is 4.02. The summed E-state index contributed by atoms with van der Waals surface area (Å²) in [6.07, 6.45) is 3.16. The molecule has 1 aromatic rings. The van der Waals surface area contributed by atoms with Crippen LogP contribution in [0, 0.1) is 5.92 Å². The number of rotatable bonds is 3. The van der Waals surface area contributed by atoms with E-state index in [0.717, 1.165) is 25.1 Å². The van der Waals surface area contributed by atoms with E-state index in [1.54, 1.807) is 18.3 Å². The summed E-state index contributed by atoms with van der Waals surface area (Å²) < 4.78 is 4.72. The fourth-order valence-corrected chi connectivity index (χ4v) is 2.01. The van der Waals surface area contributed by atoms with E-state index in [4.69, 9.17) is 4.74 Å². The first kappa shape index (κ1) is 11.6. The van der Waals surface area contributed by atoms with Crippen LogP contribution in [0.25, 0.3) is 0 Å². The number of nitrogens with zero attached hydrogens (tertiary/aromatic N) is 2. The second-order valence-electron chi connectivity index (χ2n) is 4.02. The molecule has 90 valence electrons. The molecular formula is C12H14N2O3. The molecule has 1 aliphatic heterocycles. The van der Waals surface area contributed by atoms with Gasteiger partial charge < -0.3 is 9.64 Å². The number of hydrogen-bond acceptors (Lipinski definition) is 5. The van der Waals surface area contributed by atoms with E-state index in [1.807, 2.05) is 4.90 Å².